The van der Waals surface area contributed by atoms with E-state index in [1.54, 1.807) is 0 Å². The van der Waals surface area contributed by atoms with Crippen LogP contribution in [0.15, 0.2) is 48.6 Å². The predicted molar refractivity (Wildman–Crippen MR) is 105 cm³/mol. The number of allylic oxidation sites excluding steroid dienone is 8. The summed E-state index contributed by atoms with van der Waals surface area (Å²) in [6, 6.07) is 0. The fraction of sp³-hybridized carbons (Fsp3) is 0.619. The summed E-state index contributed by atoms with van der Waals surface area (Å²) < 4.78 is 0. The second kappa shape index (κ2) is 36.4. The van der Waals surface area contributed by atoms with Crippen molar-refractivity contribution < 1.29 is 0 Å². The third-order valence-corrected chi connectivity index (χ3v) is 2.31. The van der Waals surface area contributed by atoms with Crippen molar-refractivity contribution in [1.82, 2.24) is 0 Å². The molecule has 0 heterocycles. The Kier molecular flexibility index (Phi) is 48.8. The lowest BCUT2D eigenvalue weighted by Crippen LogP contribution is -1.77. The molecule has 0 aliphatic rings. The van der Waals surface area contributed by atoms with Crippen molar-refractivity contribution in [2.75, 3.05) is 0 Å². The summed E-state index contributed by atoms with van der Waals surface area (Å²) in [5.41, 5.74) is 0. The molecule has 0 aromatic carbocycles. The number of hydrogen-bond donors (Lipinski definition) is 0. The lowest BCUT2D eigenvalue weighted by atomic mass is 10.2. The molecule has 0 nitrogen and oxygen atoms in total. The van der Waals surface area contributed by atoms with Gasteiger partial charge in [0, 0.05) is 0 Å². The largest absolute Gasteiger partial charge is 0.0877 e. The fourth-order valence-electron chi connectivity index (χ4n) is 0.444. The van der Waals surface area contributed by atoms with Gasteiger partial charge in [-0.25, -0.2) is 0 Å². The van der Waals surface area contributed by atoms with Crippen LogP contribution in [0.2, 0.25) is 0 Å². The molecule has 0 saturated carbocycles. The monoisotopic (exact) mass is 294 g/mol. The summed E-state index contributed by atoms with van der Waals surface area (Å²) in [5.74, 6) is 0.884. The number of unbranched alkanes of at least 4 members (excludes halogenated alkanes) is 1. The number of rotatable bonds is 4. The van der Waals surface area contributed by atoms with Crippen LogP contribution in [0, 0.1) is 5.92 Å². The Morgan fingerprint density at radius 2 is 0.762 bits per heavy atom. The van der Waals surface area contributed by atoms with Crippen molar-refractivity contribution in [2.45, 2.75) is 81.6 Å². The van der Waals surface area contributed by atoms with E-state index >= 15 is 0 Å². The number of hydrogen-bond acceptors (Lipinski definition) is 0. The Morgan fingerprint density at radius 3 is 0.810 bits per heavy atom. The van der Waals surface area contributed by atoms with Gasteiger partial charge in [0.25, 0.3) is 0 Å². The predicted octanol–water partition coefficient (Wildman–Crippen LogP) is 8.14. The molecule has 0 aromatic heterocycles. The van der Waals surface area contributed by atoms with Crippen LogP contribution in [0.4, 0.5) is 0 Å². The van der Waals surface area contributed by atoms with E-state index in [1.807, 2.05) is 76.3 Å². The van der Waals surface area contributed by atoms with Crippen LogP contribution in [0.25, 0.3) is 0 Å². The molecule has 0 saturated heterocycles. The van der Waals surface area contributed by atoms with Gasteiger partial charge in [0.15, 0.2) is 0 Å². The second-order valence-corrected chi connectivity index (χ2v) is 4.91. The smallest absolute Gasteiger partial charge is 0.0467 e. The minimum atomic E-state index is 0.884. The van der Waals surface area contributed by atoms with Crippen molar-refractivity contribution in [1.29, 1.82) is 0 Å². The maximum atomic E-state index is 2.22. The Labute approximate surface area is 136 Å². The van der Waals surface area contributed by atoms with Crippen molar-refractivity contribution >= 4 is 0 Å². The molecule has 0 bridgehead atoms. The van der Waals surface area contributed by atoms with Crippen LogP contribution in [0.3, 0.4) is 0 Å². The lowest BCUT2D eigenvalue weighted by molar-refractivity contribution is 0.626. The van der Waals surface area contributed by atoms with E-state index in [2.05, 4.69) is 34.6 Å². The highest BCUT2D eigenvalue weighted by molar-refractivity contribution is 4.99. The van der Waals surface area contributed by atoms with Crippen LogP contribution in [-0.2, 0) is 0 Å². The Hall–Kier alpha value is -1.04. The summed E-state index contributed by atoms with van der Waals surface area (Å²) >= 11 is 0. The highest BCUT2D eigenvalue weighted by Gasteiger charge is 1.80. The molecule has 0 spiro atoms. The molecule has 0 amide bonds. The van der Waals surface area contributed by atoms with Gasteiger partial charge < -0.3 is 0 Å². The van der Waals surface area contributed by atoms with Gasteiger partial charge in [0.05, 0.1) is 0 Å². The summed E-state index contributed by atoms with van der Waals surface area (Å²) in [7, 11) is 0. The molecule has 0 aromatic rings. The quantitative estimate of drug-likeness (QED) is 0.459. The summed E-state index contributed by atoms with van der Waals surface area (Å²) in [6.45, 7) is 19.0. The van der Waals surface area contributed by atoms with Gasteiger partial charge in [-0.2, -0.15) is 0 Å². The van der Waals surface area contributed by atoms with Gasteiger partial charge in [-0.15, -0.1) is 0 Å². The Morgan fingerprint density at radius 1 is 0.571 bits per heavy atom. The van der Waals surface area contributed by atoms with Crippen molar-refractivity contribution in [3.05, 3.63) is 48.6 Å². The minimum Gasteiger partial charge on any atom is -0.0877 e. The van der Waals surface area contributed by atoms with Gasteiger partial charge in [-0.05, 0) is 33.6 Å². The van der Waals surface area contributed by atoms with Crippen LogP contribution in [0.5, 0.6) is 0 Å². The maximum absolute atomic E-state index is 2.22. The highest BCUT2D eigenvalue weighted by Crippen LogP contribution is 1.93. The average molecular weight is 295 g/mol. The first-order valence-electron chi connectivity index (χ1n) is 8.49. The van der Waals surface area contributed by atoms with Crippen molar-refractivity contribution in [2.24, 2.45) is 5.92 Å². The molecule has 0 radical (unpaired) electrons. The molecule has 0 fully saturated rings. The summed E-state index contributed by atoms with van der Waals surface area (Å²) in [6.07, 6.45) is 19.9. The van der Waals surface area contributed by atoms with E-state index < -0.39 is 0 Å². The molecule has 0 N–H and O–H groups in total. The minimum absolute atomic E-state index is 0.884. The maximum Gasteiger partial charge on any atom is -0.0467 e. The average Bonchev–Trinajstić information content (AvgIpc) is 2.52. The van der Waals surface area contributed by atoms with E-state index in [-0.39, 0.29) is 0 Å². The Balaban J connectivity index is -0.0000000929. The van der Waals surface area contributed by atoms with Gasteiger partial charge in [-0.3, -0.25) is 0 Å². The first kappa shape index (κ1) is 28.2. The zero-order chi connectivity index (χ0) is 17.4. The third kappa shape index (κ3) is 86.1. The second-order valence-electron chi connectivity index (χ2n) is 4.91. The summed E-state index contributed by atoms with van der Waals surface area (Å²) in [5, 5.41) is 0. The van der Waals surface area contributed by atoms with E-state index in [0.29, 0.717) is 0 Å². The third-order valence-electron chi connectivity index (χ3n) is 2.31. The standard InChI is InChI=1S/2C6H10.C5H12.C4H10/c2*1-3-5-6-4-2;1-4-5(2)3;1-3-4-2/h2*3-6H,1-2H3;5H,4H2,1-3H3;3-4H2,1-2H3. The van der Waals surface area contributed by atoms with E-state index in [9.17, 15) is 0 Å². The van der Waals surface area contributed by atoms with Crippen LogP contribution >= 0.6 is 0 Å². The lowest BCUT2D eigenvalue weighted by Gasteiger charge is -1.90. The van der Waals surface area contributed by atoms with Crippen molar-refractivity contribution in [3.8, 4) is 0 Å². The van der Waals surface area contributed by atoms with Crippen LogP contribution in [0.1, 0.15) is 81.6 Å². The fourth-order valence-corrected chi connectivity index (χ4v) is 0.444. The molecular formula is C21H42. The van der Waals surface area contributed by atoms with Gasteiger partial charge in [-0.1, -0.05) is 102 Å². The van der Waals surface area contributed by atoms with E-state index in [0.717, 1.165) is 5.92 Å². The molecule has 0 heteroatoms. The zero-order valence-electron chi connectivity index (χ0n) is 16.3. The molecular weight excluding hydrogens is 252 g/mol. The van der Waals surface area contributed by atoms with Crippen LogP contribution < -0.4 is 0 Å². The van der Waals surface area contributed by atoms with E-state index in [1.165, 1.54) is 19.3 Å². The van der Waals surface area contributed by atoms with Gasteiger partial charge >= 0.3 is 0 Å². The first-order chi connectivity index (χ1) is 10.0. The first-order valence-corrected chi connectivity index (χ1v) is 8.49. The molecule has 126 valence electrons. The topological polar surface area (TPSA) is 0 Å². The van der Waals surface area contributed by atoms with Crippen molar-refractivity contribution in [3.63, 3.8) is 0 Å². The molecule has 0 rings (SSSR count). The molecule has 21 heavy (non-hydrogen) atoms. The highest BCUT2D eigenvalue weighted by atomic mass is 13.9. The Bertz CT molecular complexity index is 184. The SMILES string of the molecule is CC=CC=CC.CC=CC=CC.CCC(C)C.CCCC. The molecule has 0 aliphatic heterocycles. The normalized spacial score (nSPS) is 10.4. The van der Waals surface area contributed by atoms with Crippen LogP contribution in [-0.4, -0.2) is 0 Å². The summed E-state index contributed by atoms with van der Waals surface area (Å²) in [4.78, 5) is 0. The van der Waals surface area contributed by atoms with Gasteiger partial charge in [0.1, 0.15) is 0 Å². The molecule has 0 unspecified atom stereocenters. The molecule has 0 atom stereocenters. The van der Waals surface area contributed by atoms with Gasteiger partial charge in [0.2, 0.25) is 0 Å². The van der Waals surface area contributed by atoms with E-state index in [4.69, 9.17) is 0 Å². The zero-order valence-corrected chi connectivity index (χ0v) is 16.3. The molecule has 0 aliphatic carbocycles.